The molecule has 2 aromatic rings. The van der Waals surface area contributed by atoms with Crippen LogP contribution in [0.15, 0.2) is 36.5 Å². The van der Waals surface area contributed by atoms with Gasteiger partial charge in [-0.15, -0.1) is 0 Å². The second-order valence-corrected chi connectivity index (χ2v) is 5.18. The first-order valence-electron chi connectivity index (χ1n) is 6.68. The summed E-state index contributed by atoms with van der Waals surface area (Å²) in [5, 5.41) is 6.81. The van der Waals surface area contributed by atoms with Gasteiger partial charge in [-0.2, -0.15) is 5.10 Å². The highest BCUT2D eigenvalue weighted by Gasteiger charge is 2.18. The second-order valence-electron chi connectivity index (χ2n) is 4.78. The molecule has 0 aliphatic heterocycles. The first-order chi connectivity index (χ1) is 10.5. The van der Waals surface area contributed by atoms with Crippen molar-refractivity contribution in [3.05, 3.63) is 52.8 Å². The fraction of sp³-hybridized carbons (Fsp3) is 0.267. The molecule has 0 spiro atoms. The van der Waals surface area contributed by atoms with Gasteiger partial charge in [-0.05, 0) is 12.5 Å². The van der Waals surface area contributed by atoms with Crippen molar-refractivity contribution < 1.29 is 14.3 Å². The fourth-order valence-corrected chi connectivity index (χ4v) is 2.16. The first-order valence-corrected chi connectivity index (χ1v) is 7.05. The maximum Gasteiger partial charge on any atom is 0.360 e. The van der Waals surface area contributed by atoms with Crippen molar-refractivity contribution in [1.29, 1.82) is 0 Å². The maximum absolute atomic E-state index is 11.8. The topological polar surface area (TPSA) is 73.2 Å². The lowest BCUT2D eigenvalue weighted by Gasteiger charge is -2.14. The zero-order chi connectivity index (χ0) is 16.1. The number of esters is 1. The largest absolute Gasteiger partial charge is 0.451 e. The van der Waals surface area contributed by atoms with Gasteiger partial charge in [0, 0.05) is 13.2 Å². The number of hydrogen-bond donors (Lipinski definition) is 1. The van der Waals surface area contributed by atoms with Crippen LogP contribution in [0.5, 0.6) is 0 Å². The third kappa shape index (κ3) is 4.08. The molecule has 0 bridgehead atoms. The summed E-state index contributed by atoms with van der Waals surface area (Å²) >= 11 is 5.83. The Kier molecular flexibility index (Phi) is 5.16. The lowest BCUT2D eigenvalue weighted by molar-refractivity contribution is -0.124. The van der Waals surface area contributed by atoms with E-state index in [9.17, 15) is 9.59 Å². The molecule has 1 unspecified atom stereocenters. The van der Waals surface area contributed by atoms with Gasteiger partial charge >= 0.3 is 5.97 Å². The van der Waals surface area contributed by atoms with Crippen molar-refractivity contribution in [3.63, 3.8) is 0 Å². The molecule has 0 aliphatic carbocycles. The number of nitrogens with zero attached hydrogens (tertiary/aromatic N) is 2. The smallest absolute Gasteiger partial charge is 0.360 e. The van der Waals surface area contributed by atoms with E-state index in [1.165, 1.54) is 10.9 Å². The SMILES string of the molecule is CC(NC(=O)COC(=O)c1nn(C)cc1Cl)c1ccccc1. The van der Waals surface area contributed by atoms with Gasteiger partial charge in [0.05, 0.1) is 11.1 Å². The third-order valence-corrected chi connectivity index (χ3v) is 3.27. The Balaban J connectivity index is 1.85. The van der Waals surface area contributed by atoms with Crippen molar-refractivity contribution in [1.82, 2.24) is 15.1 Å². The number of rotatable bonds is 5. The molecule has 1 aromatic carbocycles. The van der Waals surface area contributed by atoms with E-state index in [1.807, 2.05) is 37.3 Å². The fourth-order valence-electron chi connectivity index (χ4n) is 1.91. The average Bonchev–Trinajstić information content (AvgIpc) is 2.84. The molecule has 1 heterocycles. The molecule has 0 aliphatic rings. The first kappa shape index (κ1) is 16.0. The van der Waals surface area contributed by atoms with E-state index in [2.05, 4.69) is 10.4 Å². The molecule has 1 amide bonds. The van der Waals surface area contributed by atoms with Crippen LogP contribution in [0.25, 0.3) is 0 Å². The van der Waals surface area contributed by atoms with E-state index in [0.717, 1.165) is 5.56 Å². The molecule has 116 valence electrons. The van der Waals surface area contributed by atoms with Crippen LogP contribution in [0.3, 0.4) is 0 Å². The number of hydrogen-bond acceptors (Lipinski definition) is 4. The molecule has 2 rings (SSSR count). The molecule has 1 N–H and O–H groups in total. The lowest BCUT2D eigenvalue weighted by Crippen LogP contribution is -2.31. The van der Waals surface area contributed by atoms with Gasteiger partial charge in [0.2, 0.25) is 0 Å². The molecular weight excluding hydrogens is 306 g/mol. The Morgan fingerprint density at radius 3 is 2.64 bits per heavy atom. The van der Waals surface area contributed by atoms with Gasteiger partial charge in [-0.3, -0.25) is 9.48 Å². The predicted molar refractivity (Wildman–Crippen MR) is 81.5 cm³/mol. The van der Waals surface area contributed by atoms with Crippen LogP contribution in [0.1, 0.15) is 29.0 Å². The van der Waals surface area contributed by atoms with Crippen molar-refractivity contribution in [3.8, 4) is 0 Å². The van der Waals surface area contributed by atoms with E-state index < -0.39 is 11.9 Å². The number of nitrogens with one attached hydrogen (secondary N) is 1. The van der Waals surface area contributed by atoms with Gasteiger partial charge in [0.25, 0.3) is 5.91 Å². The van der Waals surface area contributed by atoms with Crippen LogP contribution in [-0.4, -0.2) is 28.3 Å². The van der Waals surface area contributed by atoms with Crippen LogP contribution in [0.4, 0.5) is 0 Å². The van der Waals surface area contributed by atoms with E-state index in [1.54, 1.807) is 7.05 Å². The molecule has 1 aromatic heterocycles. The highest BCUT2D eigenvalue weighted by atomic mass is 35.5. The summed E-state index contributed by atoms with van der Waals surface area (Å²) in [7, 11) is 1.64. The van der Waals surface area contributed by atoms with E-state index in [4.69, 9.17) is 16.3 Å². The summed E-state index contributed by atoms with van der Waals surface area (Å²) in [6, 6.07) is 9.32. The van der Waals surface area contributed by atoms with Crippen molar-refractivity contribution in [2.45, 2.75) is 13.0 Å². The average molecular weight is 322 g/mol. The summed E-state index contributed by atoms with van der Waals surface area (Å²) in [4.78, 5) is 23.6. The van der Waals surface area contributed by atoms with E-state index in [0.29, 0.717) is 0 Å². The van der Waals surface area contributed by atoms with Gasteiger partial charge in [0.1, 0.15) is 0 Å². The number of carbonyl (C=O) groups is 2. The number of benzene rings is 1. The molecule has 7 heteroatoms. The van der Waals surface area contributed by atoms with Crippen LogP contribution < -0.4 is 5.32 Å². The summed E-state index contributed by atoms with van der Waals surface area (Å²) in [6.07, 6.45) is 1.48. The van der Waals surface area contributed by atoms with Gasteiger partial charge in [-0.1, -0.05) is 41.9 Å². The monoisotopic (exact) mass is 321 g/mol. The molecule has 6 nitrogen and oxygen atoms in total. The minimum Gasteiger partial charge on any atom is -0.451 e. The summed E-state index contributed by atoms with van der Waals surface area (Å²) < 4.78 is 6.31. The van der Waals surface area contributed by atoms with Crippen LogP contribution in [0, 0.1) is 0 Å². The van der Waals surface area contributed by atoms with E-state index >= 15 is 0 Å². The standard InChI is InChI=1S/C15H16ClN3O3/c1-10(11-6-4-3-5-7-11)17-13(20)9-22-15(21)14-12(16)8-19(2)18-14/h3-8,10H,9H2,1-2H3,(H,17,20). The van der Waals surface area contributed by atoms with Crippen LogP contribution in [0.2, 0.25) is 5.02 Å². The molecule has 0 radical (unpaired) electrons. The highest BCUT2D eigenvalue weighted by Crippen LogP contribution is 2.14. The third-order valence-electron chi connectivity index (χ3n) is 2.99. The molecule has 22 heavy (non-hydrogen) atoms. The molecule has 0 saturated heterocycles. The Labute approximate surface area is 133 Å². The predicted octanol–water partition coefficient (Wildman–Crippen LogP) is 2.11. The summed E-state index contributed by atoms with van der Waals surface area (Å²) in [5.41, 5.74) is 0.961. The molecular formula is C15H16ClN3O3. The maximum atomic E-state index is 11.8. The van der Waals surface area contributed by atoms with Crippen LogP contribution in [-0.2, 0) is 16.6 Å². The summed E-state index contributed by atoms with van der Waals surface area (Å²) in [5.74, 6) is -1.12. The zero-order valence-electron chi connectivity index (χ0n) is 12.2. The van der Waals surface area contributed by atoms with Crippen molar-refractivity contribution in [2.75, 3.05) is 6.61 Å². The minimum absolute atomic E-state index is 0.00641. The minimum atomic E-state index is -0.729. The number of amides is 1. The quantitative estimate of drug-likeness (QED) is 0.856. The number of halogens is 1. The Hall–Kier alpha value is -2.34. The molecule has 1 atom stereocenters. The Morgan fingerprint density at radius 2 is 2.05 bits per heavy atom. The van der Waals surface area contributed by atoms with Crippen molar-refractivity contribution >= 4 is 23.5 Å². The van der Waals surface area contributed by atoms with Gasteiger partial charge < -0.3 is 10.1 Å². The number of ether oxygens (including phenoxy) is 1. The second kappa shape index (κ2) is 7.09. The number of aromatic nitrogens is 2. The number of carbonyl (C=O) groups excluding carboxylic acids is 2. The Bertz CT molecular complexity index is 670. The highest BCUT2D eigenvalue weighted by molar-refractivity contribution is 6.33. The van der Waals surface area contributed by atoms with Crippen LogP contribution >= 0.6 is 11.6 Å². The van der Waals surface area contributed by atoms with Gasteiger partial charge in [0.15, 0.2) is 12.3 Å². The van der Waals surface area contributed by atoms with Gasteiger partial charge in [-0.25, -0.2) is 4.79 Å². The Morgan fingerprint density at radius 1 is 1.36 bits per heavy atom. The molecule has 0 saturated carbocycles. The lowest BCUT2D eigenvalue weighted by atomic mass is 10.1. The van der Waals surface area contributed by atoms with E-state index in [-0.39, 0.29) is 23.4 Å². The molecule has 0 fully saturated rings. The zero-order valence-corrected chi connectivity index (χ0v) is 13.0. The summed E-state index contributed by atoms with van der Waals surface area (Å²) in [6.45, 7) is 1.47. The van der Waals surface area contributed by atoms with Crippen molar-refractivity contribution in [2.24, 2.45) is 7.05 Å². The normalized spacial score (nSPS) is 11.8. The number of aryl methyl sites for hydroxylation is 1.